The fourth-order valence-electron chi connectivity index (χ4n) is 4.83. The Labute approximate surface area is 192 Å². The van der Waals surface area contributed by atoms with Crippen molar-refractivity contribution in [2.45, 2.75) is 6.54 Å². The van der Waals surface area contributed by atoms with Crippen LogP contribution in [0, 0.1) is 0 Å². The van der Waals surface area contributed by atoms with E-state index in [1.54, 1.807) is 17.9 Å². The van der Waals surface area contributed by atoms with Gasteiger partial charge in [0.05, 0.1) is 12.2 Å². The van der Waals surface area contributed by atoms with E-state index >= 15 is 0 Å². The zero-order chi connectivity index (χ0) is 22.9. The number of aryl methyl sites for hydroxylation is 1. The molecule has 4 aromatic rings. The SMILES string of the molecule is COCCn1cc(C(=O)N2CCN(c3ccccc3)CC2)c2c3ccccc3n(C)c2c1=O. The quantitative estimate of drug-likeness (QED) is 0.475. The second-order valence-electron chi connectivity index (χ2n) is 8.45. The van der Waals surface area contributed by atoms with Crippen LogP contribution in [-0.4, -0.2) is 59.8 Å². The van der Waals surface area contributed by atoms with Crippen LogP contribution in [0.15, 0.2) is 65.6 Å². The number of amides is 1. The summed E-state index contributed by atoms with van der Waals surface area (Å²) in [7, 11) is 3.50. The van der Waals surface area contributed by atoms with E-state index in [1.165, 1.54) is 5.69 Å². The van der Waals surface area contributed by atoms with E-state index in [1.807, 2.05) is 59.0 Å². The second kappa shape index (κ2) is 8.75. The van der Waals surface area contributed by atoms with Crippen LogP contribution in [0.1, 0.15) is 10.4 Å². The first kappa shape index (κ1) is 21.3. The summed E-state index contributed by atoms with van der Waals surface area (Å²) in [6.07, 6.45) is 1.72. The number of ether oxygens (including phenoxy) is 1. The van der Waals surface area contributed by atoms with Crippen molar-refractivity contribution in [1.82, 2.24) is 14.0 Å². The van der Waals surface area contributed by atoms with Gasteiger partial charge in [-0.15, -0.1) is 0 Å². The van der Waals surface area contributed by atoms with E-state index in [2.05, 4.69) is 17.0 Å². The van der Waals surface area contributed by atoms with Gasteiger partial charge in [-0.3, -0.25) is 9.59 Å². The van der Waals surface area contributed by atoms with E-state index in [-0.39, 0.29) is 11.5 Å². The monoisotopic (exact) mass is 444 g/mol. The molecule has 0 unspecified atom stereocenters. The molecule has 1 saturated heterocycles. The number of fused-ring (bicyclic) bond motifs is 3. The standard InChI is InChI=1S/C26H28N4O3/c1-27-22-11-7-6-10-20(22)23-21(18-30(16-17-33-2)26(32)24(23)27)25(31)29-14-12-28(13-15-29)19-8-4-3-5-9-19/h3-11,18H,12-17H2,1-2H3. The topological polar surface area (TPSA) is 59.7 Å². The Kier molecular flexibility index (Phi) is 5.64. The predicted molar refractivity (Wildman–Crippen MR) is 131 cm³/mol. The average Bonchev–Trinajstić information content (AvgIpc) is 3.17. The lowest BCUT2D eigenvalue weighted by molar-refractivity contribution is 0.0747. The molecule has 1 aliphatic heterocycles. The Morgan fingerprint density at radius 3 is 2.39 bits per heavy atom. The van der Waals surface area contributed by atoms with Crippen LogP contribution in [0.2, 0.25) is 0 Å². The van der Waals surface area contributed by atoms with E-state index in [4.69, 9.17) is 4.74 Å². The van der Waals surface area contributed by atoms with Crippen molar-refractivity contribution in [2.24, 2.45) is 7.05 Å². The highest BCUT2D eigenvalue weighted by molar-refractivity contribution is 6.17. The van der Waals surface area contributed by atoms with E-state index in [0.29, 0.717) is 37.3 Å². The molecule has 1 aliphatic rings. The molecule has 0 N–H and O–H groups in total. The van der Waals surface area contributed by atoms with Gasteiger partial charge in [0.2, 0.25) is 0 Å². The van der Waals surface area contributed by atoms with Crippen LogP contribution < -0.4 is 10.5 Å². The molecular formula is C26H28N4O3. The van der Waals surface area contributed by atoms with Gasteiger partial charge < -0.3 is 23.7 Å². The fourth-order valence-corrected chi connectivity index (χ4v) is 4.83. The first-order valence-electron chi connectivity index (χ1n) is 11.3. The average molecular weight is 445 g/mol. The number of nitrogens with zero attached hydrogens (tertiary/aromatic N) is 4. The summed E-state index contributed by atoms with van der Waals surface area (Å²) in [4.78, 5) is 31.3. The molecule has 33 heavy (non-hydrogen) atoms. The summed E-state index contributed by atoms with van der Waals surface area (Å²) in [5.41, 5.74) is 3.14. The summed E-state index contributed by atoms with van der Waals surface area (Å²) in [6, 6.07) is 18.2. The smallest absolute Gasteiger partial charge is 0.275 e. The third-order valence-electron chi connectivity index (χ3n) is 6.58. The summed E-state index contributed by atoms with van der Waals surface area (Å²) >= 11 is 0. The second-order valence-corrected chi connectivity index (χ2v) is 8.45. The van der Waals surface area contributed by atoms with Gasteiger partial charge in [-0.25, -0.2) is 0 Å². The molecule has 0 saturated carbocycles. The third kappa shape index (κ3) is 3.68. The summed E-state index contributed by atoms with van der Waals surface area (Å²) in [6.45, 7) is 3.62. The van der Waals surface area contributed by atoms with Gasteiger partial charge in [0.1, 0.15) is 5.52 Å². The highest BCUT2D eigenvalue weighted by Gasteiger charge is 2.27. The van der Waals surface area contributed by atoms with Crippen molar-refractivity contribution in [3.8, 4) is 0 Å². The van der Waals surface area contributed by atoms with Gasteiger partial charge in [0.15, 0.2) is 0 Å². The van der Waals surface area contributed by atoms with Crippen molar-refractivity contribution in [3.05, 3.63) is 76.7 Å². The lowest BCUT2D eigenvalue weighted by Crippen LogP contribution is -2.49. The maximum atomic E-state index is 13.8. The number of aromatic nitrogens is 2. The first-order chi connectivity index (χ1) is 16.1. The molecule has 2 aromatic heterocycles. The number of carbonyl (C=O) groups excluding carboxylic acids is 1. The van der Waals surface area contributed by atoms with Crippen molar-refractivity contribution in [3.63, 3.8) is 0 Å². The van der Waals surface area contributed by atoms with Gasteiger partial charge in [-0.05, 0) is 18.2 Å². The molecule has 170 valence electrons. The molecular weight excluding hydrogens is 416 g/mol. The van der Waals surface area contributed by atoms with Crippen molar-refractivity contribution in [2.75, 3.05) is 44.8 Å². The van der Waals surface area contributed by atoms with Crippen molar-refractivity contribution < 1.29 is 9.53 Å². The van der Waals surface area contributed by atoms with Gasteiger partial charge in [-0.2, -0.15) is 0 Å². The first-order valence-corrected chi connectivity index (χ1v) is 11.3. The summed E-state index contributed by atoms with van der Waals surface area (Å²) in [5.74, 6) is -0.0322. The van der Waals surface area contributed by atoms with E-state index < -0.39 is 0 Å². The minimum atomic E-state index is -0.105. The largest absolute Gasteiger partial charge is 0.383 e. The number of rotatable bonds is 5. The molecule has 0 bridgehead atoms. The Bertz CT molecular complexity index is 1370. The molecule has 7 heteroatoms. The molecule has 1 fully saturated rings. The van der Waals surface area contributed by atoms with Crippen LogP contribution in [0.4, 0.5) is 5.69 Å². The number of piperazine rings is 1. The number of anilines is 1. The Hall–Kier alpha value is -3.58. The zero-order valence-corrected chi connectivity index (χ0v) is 19.0. The highest BCUT2D eigenvalue weighted by Crippen LogP contribution is 2.30. The number of carbonyl (C=O) groups is 1. The van der Waals surface area contributed by atoms with Gasteiger partial charge >= 0.3 is 0 Å². The molecule has 0 spiro atoms. The Morgan fingerprint density at radius 1 is 0.970 bits per heavy atom. The van der Waals surface area contributed by atoms with Crippen molar-refractivity contribution >= 4 is 33.4 Å². The highest BCUT2D eigenvalue weighted by atomic mass is 16.5. The minimum absolute atomic E-state index is 0.0322. The van der Waals surface area contributed by atoms with Crippen LogP contribution in [0.3, 0.4) is 0 Å². The number of benzene rings is 2. The van der Waals surface area contributed by atoms with Crippen LogP contribution >= 0.6 is 0 Å². The van der Waals surface area contributed by atoms with Crippen LogP contribution in [0.5, 0.6) is 0 Å². The minimum Gasteiger partial charge on any atom is -0.383 e. The molecule has 3 heterocycles. The normalized spacial score (nSPS) is 14.4. The maximum Gasteiger partial charge on any atom is 0.275 e. The molecule has 5 rings (SSSR count). The van der Waals surface area contributed by atoms with Crippen LogP contribution in [0.25, 0.3) is 21.8 Å². The maximum absolute atomic E-state index is 13.8. The summed E-state index contributed by atoms with van der Waals surface area (Å²) < 4.78 is 8.72. The number of methoxy groups -OCH3 is 1. The van der Waals surface area contributed by atoms with Gasteiger partial charge in [0, 0.05) is 75.1 Å². The van der Waals surface area contributed by atoms with E-state index in [0.717, 1.165) is 29.4 Å². The van der Waals surface area contributed by atoms with Crippen molar-refractivity contribution in [1.29, 1.82) is 0 Å². The number of hydrogen-bond donors (Lipinski definition) is 0. The predicted octanol–water partition coefficient (Wildman–Crippen LogP) is 3.10. The lowest BCUT2D eigenvalue weighted by atomic mass is 10.1. The van der Waals surface area contributed by atoms with Crippen LogP contribution in [-0.2, 0) is 18.3 Å². The third-order valence-corrected chi connectivity index (χ3v) is 6.58. The lowest BCUT2D eigenvalue weighted by Gasteiger charge is -2.36. The van der Waals surface area contributed by atoms with Gasteiger partial charge in [0.25, 0.3) is 11.5 Å². The number of hydrogen-bond acceptors (Lipinski definition) is 4. The molecule has 2 aromatic carbocycles. The molecule has 0 aliphatic carbocycles. The molecule has 0 atom stereocenters. The Balaban J connectivity index is 1.55. The molecule has 7 nitrogen and oxygen atoms in total. The number of pyridine rings is 1. The number of para-hydroxylation sites is 2. The van der Waals surface area contributed by atoms with E-state index in [9.17, 15) is 9.59 Å². The molecule has 0 radical (unpaired) electrons. The fraction of sp³-hybridized carbons (Fsp3) is 0.308. The summed E-state index contributed by atoms with van der Waals surface area (Å²) in [5, 5.41) is 1.67. The van der Waals surface area contributed by atoms with Gasteiger partial charge in [-0.1, -0.05) is 36.4 Å². The Morgan fingerprint density at radius 2 is 1.67 bits per heavy atom. The zero-order valence-electron chi connectivity index (χ0n) is 19.0. The molecule has 1 amide bonds.